The first-order valence-electron chi connectivity index (χ1n) is 30.0. The van der Waals surface area contributed by atoms with Crippen LogP contribution in [0, 0.1) is 0 Å². The fourth-order valence-electron chi connectivity index (χ4n) is 15.7. The fraction of sp³-hybridized carbons (Fsp3) is 1.00. The minimum atomic E-state index is -4.53. The van der Waals surface area contributed by atoms with E-state index in [-0.39, 0.29) is 44.3 Å². The maximum absolute atomic E-state index is 8.75. The molecule has 6 aliphatic heterocycles. The van der Waals surface area contributed by atoms with Crippen LogP contribution in [0.5, 0.6) is 0 Å². The topological polar surface area (TPSA) is 120 Å². The van der Waals surface area contributed by atoms with Gasteiger partial charge in [0.25, 0.3) is 0 Å². The normalized spacial score (nSPS) is 45.4. The predicted molar refractivity (Wildman–Crippen MR) is 285 cm³/mol. The molecule has 6 saturated heterocycles. The summed E-state index contributed by atoms with van der Waals surface area (Å²) in [5.41, 5.74) is 0.315. The van der Waals surface area contributed by atoms with Crippen molar-refractivity contribution >= 4 is 79.0 Å². The van der Waals surface area contributed by atoms with Crippen LogP contribution in [0.15, 0.2) is 0 Å². The summed E-state index contributed by atoms with van der Waals surface area (Å²) in [5.74, 6) is 0. The second-order valence-corrected chi connectivity index (χ2v) is 55.3. The van der Waals surface area contributed by atoms with Crippen LogP contribution in [0.4, 0.5) is 0 Å². The highest BCUT2D eigenvalue weighted by atomic mass is 28.6. The van der Waals surface area contributed by atoms with Crippen LogP contribution in [-0.2, 0) is 53.5 Å². The van der Waals surface area contributed by atoms with Crippen LogP contribution < -0.4 is 0 Å². The Morgan fingerprint density at radius 2 is 0.486 bits per heavy atom. The van der Waals surface area contributed by atoms with E-state index >= 15 is 0 Å². The Labute approximate surface area is 432 Å². The van der Waals surface area contributed by atoms with E-state index in [0.29, 0.717) is 0 Å². The maximum Gasteiger partial charge on any atom is 0.646 e. The minimum Gasteiger partial charge on any atom is -0.395 e. The second kappa shape index (κ2) is 20.6. The molecule has 1 atom stereocenters. The van der Waals surface area contributed by atoms with Gasteiger partial charge in [0.1, 0.15) is 0 Å². The molecule has 22 heteroatoms. The lowest BCUT2D eigenvalue weighted by Gasteiger charge is -2.67. The Balaban J connectivity index is 1.20. The maximum atomic E-state index is 8.75. The molecule has 0 aromatic rings. The van der Waals surface area contributed by atoms with E-state index in [9.17, 15) is 0 Å². The van der Waals surface area contributed by atoms with Crippen molar-refractivity contribution < 1.29 is 53.5 Å². The molecule has 13 nitrogen and oxygen atoms in total. The Hall–Kier alpha value is 1.43. The van der Waals surface area contributed by atoms with Crippen molar-refractivity contribution in [2.24, 2.45) is 0 Å². The molecule has 6 heterocycles. The molecule has 0 spiro atoms. The average Bonchev–Trinajstić information content (AvgIpc) is 3.37. The highest BCUT2D eigenvalue weighted by Crippen LogP contribution is 2.65. The van der Waals surface area contributed by atoms with E-state index in [0.717, 1.165) is 186 Å². The molecule has 13 rings (SSSR count). The van der Waals surface area contributed by atoms with Gasteiger partial charge >= 0.3 is 70.7 Å². The zero-order valence-corrected chi connectivity index (χ0v) is 52.9. The summed E-state index contributed by atoms with van der Waals surface area (Å²) < 4.78 is 112. The van der Waals surface area contributed by atoms with Gasteiger partial charge in [-0.3, -0.25) is 0 Å². The van der Waals surface area contributed by atoms with Gasteiger partial charge in [-0.1, -0.05) is 155 Å². The van der Waals surface area contributed by atoms with Crippen molar-refractivity contribution in [3.05, 3.63) is 0 Å². The number of hydrogen-bond donors (Lipinski definition) is 0. The van der Waals surface area contributed by atoms with Crippen LogP contribution in [0.2, 0.25) is 57.4 Å². The van der Waals surface area contributed by atoms with Gasteiger partial charge in [0.15, 0.2) is 8.32 Å². The van der Waals surface area contributed by atoms with Crippen molar-refractivity contribution in [1.29, 1.82) is 0 Å². The highest BCUT2D eigenvalue weighted by Gasteiger charge is 2.89. The molecule has 1 unspecified atom stereocenters. The fourth-order valence-corrected chi connectivity index (χ4v) is 75.0. The van der Waals surface area contributed by atoms with E-state index < -0.39 is 79.0 Å². The van der Waals surface area contributed by atoms with Crippen molar-refractivity contribution in [3.63, 3.8) is 0 Å². The van der Waals surface area contributed by atoms with Gasteiger partial charge in [0.2, 0.25) is 0 Å². The Morgan fingerprint density at radius 1 is 0.314 bits per heavy atom. The van der Waals surface area contributed by atoms with Crippen LogP contribution in [-0.4, -0.2) is 79.0 Å². The summed E-state index contributed by atoms with van der Waals surface area (Å²) in [5, 5.41) is 0. The molecule has 0 radical (unpaired) electrons. The van der Waals surface area contributed by atoms with Crippen molar-refractivity contribution in [2.45, 2.75) is 302 Å². The third-order valence-corrected chi connectivity index (χ3v) is 64.1. The molecule has 70 heavy (non-hydrogen) atoms. The lowest BCUT2D eigenvalue weighted by atomic mass is 10.0. The van der Waals surface area contributed by atoms with E-state index in [1.54, 1.807) is 0 Å². The third-order valence-electron chi connectivity index (χ3n) is 20.3. The molecule has 0 aromatic heterocycles. The molecule has 13 aliphatic rings. The summed E-state index contributed by atoms with van der Waals surface area (Å²) in [6, 6.07) is 0. The van der Waals surface area contributed by atoms with Crippen molar-refractivity contribution in [1.82, 2.24) is 0 Å². The predicted octanol–water partition coefficient (Wildman–Crippen LogP) is 14.6. The van der Waals surface area contributed by atoms with Gasteiger partial charge in [-0.05, 0) is 109 Å². The second-order valence-electron chi connectivity index (χ2n) is 25.3. The van der Waals surface area contributed by atoms with E-state index in [1.165, 1.54) is 44.9 Å². The molecule has 0 aromatic carbocycles. The van der Waals surface area contributed by atoms with Gasteiger partial charge in [0, 0.05) is 38.8 Å². The summed E-state index contributed by atoms with van der Waals surface area (Å²) >= 11 is 0. The van der Waals surface area contributed by atoms with Crippen LogP contribution in [0.3, 0.4) is 0 Å². The van der Waals surface area contributed by atoms with Crippen LogP contribution in [0.25, 0.3) is 0 Å². The van der Waals surface area contributed by atoms with E-state index in [1.807, 2.05) is 0 Å². The Bertz CT molecular complexity index is 1610. The minimum absolute atomic E-state index is 0.0206. The van der Waals surface area contributed by atoms with Gasteiger partial charge in [-0.2, -0.15) is 0 Å². The van der Waals surface area contributed by atoms with E-state index in [2.05, 4.69) is 26.9 Å². The van der Waals surface area contributed by atoms with Crippen LogP contribution >= 0.6 is 0 Å². The van der Waals surface area contributed by atoms with Gasteiger partial charge < -0.3 is 53.5 Å². The van der Waals surface area contributed by atoms with E-state index in [4.69, 9.17) is 53.5 Å². The standard InChI is InChI=1S/C48H92O13Si9/c1-5-41(2)62(3,4)49-70-59-67(46-35-21-10-22-36-46)53-64(43-29-15-7-16-30-43)50-63(42-27-13-6-14-28-42)51-65(55-67,44-31-17-8-18-32-44)57-69(61-70,48-39-25-12-26-40-48)58-66(52-63,45-33-19-9-20-34-45)56-68(54-64,60-70)47-37-23-11-24-38-47/h41-48H,5-40H2,1-4H3. The lowest BCUT2D eigenvalue weighted by Crippen LogP contribution is -2.91. The van der Waals surface area contributed by atoms with Crippen LogP contribution in [0.1, 0.15) is 245 Å². The first-order chi connectivity index (χ1) is 33.9. The summed E-state index contributed by atoms with van der Waals surface area (Å²) in [7, 11) is -35.8. The molecule has 7 saturated carbocycles. The largest absolute Gasteiger partial charge is 0.646 e. The van der Waals surface area contributed by atoms with Gasteiger partial charge in [-0.15, -0.1) is 0 Å². The van der Waals surface area contributed by atoms with Crippen molar-refractivity contribution in [3.8, 4) is 0 Å². The van der Waals surface area contributed by atoms with Gasteiger partial charge in [0.05, 0.1) is 0 Å². The highest BCUT2D eigenvalue weighted by molar-refractivity contribution is 7.04. The molecular weight excluding hydrogens is 1040 g/mol. The molecule has 7 aliphatic carbocycles. The Kier molecular flexibility index (Phi) is 15.3. The summed E-state index contributed by atoms with van der Waals surface area (Å²) in [6.07, 6.45) is 38.2. The first kappa shape index (κ1) is 52.1. The smallest absolute Gasteiger partial charge is 0.395 e. The molecular formula is C48H92O13Si9. The molecule has 13 fully saturated rings. The summed E-state index contributed by atoms with van der Waals surface area (Å²) in [4.78, 5) is 0. The zero-order valence-electron chi connectivity index (χ0n) is 43.9. The quantitative estimate of drug-likeness (QED) is 0.183. The zero-order chi connectivity index (χ0) is 47.8. The van der Waals surface area contributed by atoms with Gasteiger partial charge in [-0.25, -0.2) is 0 Å². The van der Waals surface area contributed by atoms with Crippen molar-refractivity contribution in [2.75, 3.05) is 0 Å². The lowest BCUT2D eigenvalue weighted by molar-refractivity contribution is -0.0661. The monoisotopic (exact) mass is 1130 g/mol. The molecule has 8 bridgehead atoms. The number of rotatable bonds is 11. The molecule has 0 N–H and O–H groups in total. The third kappa shape index (κ3) is 9.46. The SMILES string of the molecule is CCC(C)[Si](C)(C)O[Si]12O[Si]3(C4CCCCC4)O[Si]4(C5CCCCC5)O[Si](C5CCCCC5)(O1)O[Si]1(C5CCCCC5)O[Si](C5CCCCC5)(O2)O[Si](C2CCCCC2)(O3)O[Si](C2CCCCC2)(O4)O1. The Morgan fingerprint density at radius 3 is 0.657 bits per heavy atom. The average molecular weight is 1130 g/mol. The summed E-state index contributed by atoms with van der Waals surface area (Å²) in [6.45, 7) is 9.37. The number of hydrogen-bond acceptors (Lipinski definition) is 13. The first-order valence-corrected chi connectivity index (χ1v) is 47.3. The molecule has 398 valence electrons. The molecule has 0 amide bonds.